The number of aliphatic carboxylic acids is 1. The molecule has 5 nitrogen and oxygen atoms in total. The second-order valence-electron chi connectivity index (χ2n) is 7.57. The Hall–Kier alpha value is -0.310. The number of hydrogen-bond acceptors (Lipinski definition) is 5. The van der Waals surface area contributed by atoms with Crippen LogP contribution in [0.4, 0.5) is 8.78 Å². The van der Waals surface area contributed by atoms with Crippen LogP contribution in [0, 0.1) is 11.8 Å². The second-order valence-corrected chi connectivity index (χ2v) is 7.57. The molecule has 0 aromatic carbocycles. The van der Waals surface area contributed by atoms with E-state index in [1.165, 1.54) is 18.2 Å². The molecule has 0 bridgehead atoms. The van der Waals surface area contributed by atoms with Gasteiger partial charge in [-0.1, -0.05) is 44.4 Å². The molecule has 0 radical (unpaired) electrons. The van der Waals surface area contributed by atoms with Crippen molar-refractivity contribution in [3.63, 3.8) is 0 Å². The predicted molar refractivity (Wildman–Crippen MR) is 93.9 cm³/mol. The minimum Gasteiger partial charge on any atom is -0.545 e. The van der Waals surface area contributed by atoms with Gasteiger partial charge in [0.1, 0.15) is 12.2 Å². The van der Waals surface area contributed by atoms with Crippen LogP contribution in [-0.4, -0.2) is 46.5 Å². The van der Waals surface area contributed by atoms with Crippen molar-refractivity contribution < 1.29 is 63.2 Å². The summed E-state index contributed by atoms with van der Waals surface area (Å²) in [5, 5.41) is 30.5. The minimum atomic E-state index is -3.33. The van der Waals surface area contributed by atoms with E-state index >= 15 is 0 Å². The molecule has 2 fully saturated rings. The van der Waals surface area contributed by atoms with Crippen LogP contribution in [0.2, 0.25) is 0 Å². The van der Waals surface area contributed by atoms with E-state index in [2.05, 4.69) is 6.92 Å². The fourth-order valence-electron chi connectivity index (χ4n) is 4.18. The van der Waals surface area contributed by atoms with Crippen molar-refractivity contribution >= 4 is 5.97 Å². The summed E-state index contributed by atoms with van der Waals surface area (Å²) in [6, 6.07) is 0. The number of carboxylic acid groups (broad SMARTS) is 1. The molecule has 154 valence electrons. The van der Waals surface area contributed by atoms with Crippen molar-refractivity contribution in [2.24, 2.45) is 11.8 Å². The zero-order valence-corrected chi connectivity index (χ0v) is 18.6. The average Bonchev–Trinajstić information content (AvgIpc) is 3.09. The van der Waals surface area contributed by atoms with Crippen LogP contribution >= 0.6 is 0 Å². The van der Waals surface area contributed by atoms with Crippen LogP contribution in [0.1, 0.15) is 51.9 Å². The summed E-state index contributed by atoms with van der Waals surface area (Å²) in [6.07, 6.45) is 5.54. The van der Waals surface area contributed by atoms with Gasteiger partial charge in [0.15, 0.2) is 0 Å². The summed E-state index contributed by atoms with van der Waals surface area (Å²) in [7, 11) is 0. The van der Waals surface area contributed by atoms with E-state index in [4.69, 9.17) is 4.74 Å². The number of aliphatic hydroxyl groups excluding tert-OH is 2. The number of allylic oxidation sites excluding steroid dienone is 2. The van der Waals surface area contributed by atoms with Crippen LogP contribution in [-0.2, 0) is 9.53 Å². The first kappa shape index (κ1) is 25.7. The molecule has 28 heavy (non-hydrogen) atoms. The maximum atomic E-state index is 14.4. The fourth-order valence-corrected chi connectivity index (χ4v) is 4.18. The Bertz CT molecular complexity index is 555. The van der Waals surface area contributed by atoms with Gasteiger partial charge in [-0.25, -0.2) is 8.78 Å². The summed E-state index contributed by atoms with van der Waals surface area (Å²) >= 11 is 0. The molecule has 0 aromatic heterocycles. The molecule has 0 amide bonds. The zero-order chi connectivity index (χ0) is 20.0. The van der Waals surface area contributed by atoms with Gasteiger partial charge in [-0.2, -0.15) is 0 Å². The Morgan fingerprint density at radius 2 is 2.04 bits per heavy atom. The molecular formula is C20H29F2NaO5. The van der Waals surface area contributed by atoms with E-state index in [0.29, 0.717) is 25.7 Å². The van der Waals surface area contributed by atoms with Crippen molar-refractivity contribution in [2.45, 2.75) is 82.2 Å². The van der Waals surface area contributed by atoms with Crippen molar-refractivity contribution in [3.8, 4) is 0 Å². The third kappa shape index (κ3) is 6.61. The van der Waals surface area contributed by atoms with E-state index in [0.717, 1.165) is 25.3 Å². The molecule has 1 heterocycles. The molecule has 6 atom stereocenters. The van der Waals surface area contributed by atoms with E-state index in [1.807, 2.05) is 0 Å². The standard InChI is InChI=1S/C20H30F2O5.Na/c1-2-3-4-7-13(23)10-11-15-16-12-14(8-5-6-9-17(24)25)27-19(16)20(21,22)18(15)26;/h5-6,8-9,13-16,18-19,23,26H,2-4,7,10-12H2,1H3,(H,24,25);/q;+1/p-1/b8-5-,9-6?;/t13-,14?,15+,16+,18-,19?;/m0./s1. The topological polar surface area (TPSA) is 89.8 Å². The van der Waals surface area contributed by atoms with E-state index < -0.39 is 48.1 Å². The van der Waals surface area contributed by atoms with Crippen LogP contribution in [0.3, 0.4) is 0 Å². The second kappa shape index (κ2) is 11.8. The number of hydrogen-bond donors (Lipinski definition) is 2. The van der Waals surface area contributed by atoms with Crippen LogP contribution < -0.4 is 34.7 Å². The Kier molecular flexibility index (Phi) is 10.8. The monoisotopic (exact) mass is 410 g/mol. The first-order valence-corrected chi connectivity index (χ1v) is 9.72. The van der Waals surface area contributed by atoms with E-state index in [9.17, 15) is 28.9 Å². The number of ether oxygens (including phenoxy) is 1. The molecule has 2 rings (SSSR count). The first-order valence-electron chi connectivity index (χ1n) is 9.72. The summed E-state index contributed by atoms with van der Waals surface area (Å²) in [6.45, 7) is 2.07. The van der Waals surface area contributed by atoms with Gasteiger partial charge in [-0.15, -0.1) is 0 Å². The van der Waals surface area contributed by atoms with E-state index in [1.54, 1.807) is 0 Å². The maximum Gasteiger partial charge on any atom is 1.00 e. The molecule has 2 N–H and O–H groups in total. The number of rotatable bonds is 10. The third-order valence-electron chi connectivity index (χ3n) is 5.59. The number of halogens is 2. The van der Waals surface area contributed by atoms with Gasteiger partial charge < -0.3 is 24.9 Å². The molecule has 1 saturated heterocycles. The smallest absolute Gasteiger partial charge is 0.545 e. The Morgan fingerprint density at radius 1 is 1.32 bits per heavy atom. The Labute approximate surface area is 187 Å². The first-order chi connectivity index (χ1) is 12.8. The summed E-state index contributed by atoms with van der Waals surface area (Å²) in [5.74, 6) is -5.77. The van der Waals surface area contributed by atoms with Crippen molar-refractivity contribution in [3.05, 3.63) is 24.3 Å². The van der Waals surface area contributed by atoms with Gasteiger partial charge in [0.05, 0.1) is 18.2 Å². The fraction of sp³-hybridized carbons (Fsp3) is 0.750. The van der Waals surface area contributed by atoms with Crippen molar-refractivity contribution in [2.75, 3.05) is 0 Å². The minimum absolute atomic E-state index is 0. The number of carbonyl (C=O) groups excluding carboxylic acids is 1. The zero-order valence-electron chi connectivity index (χ0n) is 16.6. The molecule has 1 saturated carbocycles. The van der Waals surface area contributed by atoms with Gasteiger partial charge in [0, 0.05) is 0 Å². The van der Waals surface area contributed by atoms with Gasteiger partial charge in [0.25, 0.3) is 5.92 Å². The van der Waals surface area contributed by atoms with Crippen LogP contribution in [0.15, 0.2) is 24.3 Å². The molecular weight excluding hydrogens is 381 g/mol. The predicted octanol–water partition coefficient (Wildman–Crippen LogP) is -1.03. The number of carbonyl (C=O) groups is 1. The number of carboxylic acids is 1. The normalized spacial score (nSPS) is 32.5. The number of fused-ring (bicyclic) bond motifs is 1. The van der Waals surface area contributed by atoms with E-state index in [-0.39, 0.29) is 29.6 Å². The van der Waals surface area contributed by atoms with Crippen LogP contribution in [0.5, 0.6) is 0 Å². The largest absolute Gasteiger partial charge is 1.00 e. The molecule has 8 heteroatoms. The van der Waals surface area contributed by atoms with Crippen molar-refractivity contribution in [1.82, 2.24) is 0 Å². The molecule has 2 aliphatic rings. The van der Waals surface area contributed by atoms with Gasteiger partial charge in [-0.3, -0.25) is 0 Å². The summed E-state index contributed by atoms with van der Waals surface area (Å²) in [4.78, 5) is 10.3. The number of aliphatic hydroxyl groups is 2. The SMILES string of the molecule is CCCCC[C@H](O)CC[C@@H]1[C@H]2CC(/C=C\C=CC(=O)[O-])OC2C(F)(F)[C@H]1O.[Na+]. The Morgan fingerprint density at radius 3 is 2.68 bits per heavy atom. The summed E-state index contributed by atoms with van der Waals surface area (Å²) < 4.78 is 34.3. The quantitative estimate of drug-likeness (QED) is 0.208. The average molecular weight is 410 g/mol. The molecule has 1 aliphatic carbocycles. The Balaban J connectivity index is 0.00000392. The van der Waals surface area contributed by atoms with Gasteiger partial charge in [0.2, 0.25) is 0 Å². The summed E-state index contributed by atoms with van der Waals surface area (Å²) in [5.41, 5.74) is 0. The molecule has 2 unspecified atom stereocenters. The van der Waals surface area contributed by atoms with Crippen molar-refractivity contribution in [1.29, 1.82) is 0 Å². The maximum absolute atomic E-state index is 14.4. The van der Waals surface area contributed by atoms with Crippen LogP contribution in [0.25, 0.3) is 0 Å². The molecule has 0 aromatic rings. The number of alkyl halides is 2. The number of unbranched alkanes of at least 4 members (excludes halogenated alkanes) is 2. The third-order valence-corrected chi connectivity index (χ3v) is 5.59. The van der Waals surface area contributed by atoms with Gasteiger partial charge in [-0.05, 0) is 43.6 Å². The molecule has 0 spiro atoms. The van der Waals surface area contributed by atoms with Gasteiger partial charge >= 0.3 is 29.6 Å². The molecule has 1 aliphatic heterocycles.